The van der Waals surface area contributed by atoms with Crippen LogP contribution in [0.1, 0.15) is 18.1 Å². The van der Waals surface area contributed by atoms with Crippen LogP contribution < -0.4 is 0 Å². The number of aryl methyl sites for hydroxylation is 1. The molecule has 0 radical (unpaired) electrons. The van der Waals surface area contributed by atoms with Crippen LogP contribution in [0.25, 0.3) is 0 Å². The van der Waals surface area contributed by atoms with Crippen molar-refractivity contribution in [3.05, 3.63) is 35.4 Å². The molecule has 0 aliphatic heterocycles. The maximum Gasteiger partial charge on any atom is 0.242 e. The van der Waals surface area contributed by atoms with E-state index in [0.29, 0.717) is 0 Å². The van der Waals surface area contributed by atoms with Crippen molar-refractivity contribution in [1.82, 2.24) is 0 Å². The van der Waals surface area contributed by atoms with Crippen LogP contribution in [0, 0.1) is 0 Å². The van der Waals surface area contributed by atoms with Crippen molar-refractivity contribution in [2.45, 2.75) is 26.2 Å². The van der Waals surface area contributed by atoms with Crippen LogP contribution in [-0.4, -0.2) is 6.43 Å². The number of benzene rings is 1. The summed E-state index contributed by atoms with van der Waals surface area (Å²) in [6.45, 7) is 1.98. The Morgan fingerprint density at radius 2 is 1.75 bits per heavy atom. The molecule has 0 spiro atoms. The average Bonchev–Trinajstić information content (AvgIpc) is 2.04. The van der Waals surface area contributed by atoms with Gasteiger partial charge < -0.3 is 0 Å². The number of hydrogen-bond donors (Lipinski definition) is 0. The monoisotopic (exact) mass is 170 g/mol. The molecule has 0 aliphatic carbocycles. The lowest BCUT2D eigenvalue weighted by Gasteiger charge is -2.05. The first kappa shape index (κ1) is 9.17. The van der Waals surface area contributed by atoms with Crippen LogP contribution in [0.15, 0.2) is 24.3 Å². The topological polar surface area (TPSA) is 0 Å². The van der Waals surface area contributed by atoms with Crippen molar-refractivity contribution in [2.75, 3.05) is 0 Å². The standard InChI is InChI=1S/C10H12F2/c1-2-8-5-3-4-6-9(8)7-10(11)12/h3-6,10H,2,7H2,1H3. The summed E-state index contributed by atoms with van der Waals surface area (Å²) in [6, 6.07) is 7.35. The Morgan fingerprint density at radius 1 is 1.17 bits per heavy atom. The van der Waals surface area contributed by atoms with Crippen molar-refractivity contribution < 1.29 is 8.78 Å². The highest BCUT2D eigenvalue weighted by Crippen LogP contribution is 2.13. The summed E-state index contributed by atoms with van der Waals surface area (Å²) in [4.78, 5) is 0. The molecule has 0 N–H and O–H groups in total. The fraction of sp³-hybridized carbons (Fsp3) is 0.400. The van der Waals surface area contributed by atoms with E-state index in [1.807, 2.05) is 19.1 Å². The first-order valence-electron chi connectivity index (χ1n) is 4.09. The summed E-state index contributed by atoms with van der Waals surface area (Å²) >= 11 is 0. The molecule has 0 saturated heterocycles. The lowest BCUT2D eigenvalue weighted by molar-refractivity contribution is 0.149. The van der Waals surface area contributed by atoms with E-state index in [-0.39, 0.29) is 6.42 Å². The quantitative estimate of drug-likeness (QED) is 0.654. The molecule has 0 saturated carbocycles. The normalized spacial score (nSPS) is 10.7. The van der Waals surface area contributed by atoms with Crippen molar-refractivity contribution in [3.8, 4) is 0 Å². The second-order valence-corrected chi connectivity index (χ2v) is 2.72. The van der Waals surface area contributed by atoms with Crippen molar-refractivity contribution >= 4 is 0 Å². The van der Waals surface area contributed by atoms with Gasteiger partial charge in [0.2, 0.25) is 6.43 Å². The van der Waals surface area contributed by atoms with Crippen molar-refractivity contribution in [3.63, 3.8) is 0 Å². The molecule has 12 heavy (non-hydrogen) atoms. The van der Waals surface area contributed by atoms with Gasteiger partial charge in [-0.3, -0.25) is 0 Å². The van der Waals surface area contributed by atoms with E-state index in [0.717, 1.165) is 17.5 Å². The zero-order valence-electron chi connectivity index (χ0n) is 7.06. The Hall–Kier alpha value is -0.920. The molecule has 0 bridgehead atoms. The number of alkyl halides is 2. The van der Waals surface area contributed by atoms with Crippen LogP contribution in [-0.2, 0) is 12.8 Å². The van der Waals surface area contributed by atoms with Gasteiger partial charge in [0.05, 0.1) is 0 Å². The molecule has 66 valence electrons. The molecule has 0 nitrogen and oxygen atoms in total. The van der Waals surface area contributed by atoms with Gasteiger partial charge in [-0.25, -0.2) is 8.78 Å². The van der Waals surface area contributed by atoms with Gasteiger partial charge in [-0.2, -0.15) is 0 Å². The minimum atomic E-state index is -2.24. The maximum atomic E-state index is 12.0. The van der Waals surface area contributed by atoms with Crippen molar-refractivity contribution in [1.29, 1.82) is 0 Å². The molecule has 1 rings (SSSR count). The molecule has 2 heteroatoms. The molecule has 0 amide bonds. The second kappa shape index (κ2) is 4.19. The molecule has 0 heterocycles. The Bertz CT molecular complexity index is 243. The Kier molecular flexibility index (Phi) is 3.20. The molecule has 1 aromatic carbocycles. The van der Waals surface area contributed by atoms with Crippen LogP contribution in [0.5, 0.6) is 0 Å². The molecule has 0 atom stereocenters. The van der Waals surface area contributed by atoms with Crippen LogP contribution in [0.4, 0.5) is 8.78 Å². The highest BCUT2D eigenvalue weighted by molar-refractivity contribution is 5.27. The van der Waals surface area contributed by atoms with Gasteiger partial charge in [-0.15, -0.1) is 0 Å². The van der Waals surface area contributed by atoms with Gasteiger partial charge in [-0.05, 0) is 17.5 Å². The fourth-order valence-corrected chi connectivity index (χ4v) is 1.27. The summed E-state index contributed by atoms with van der Waals surface area (Å²) in [5.74, 6) is 0. The minimum absolute atomic E-state index is 0.121. The van der Waals surface area contributed by atoms with Crippen LogP contribution in [0.2, 0.25) is 0 Å². The van der Waals surface area contributed by atoms with E-state index in [2.05, 4.69) is 0 Å². The predicted molar refractivity (Wildman–Crippen MR) is 45.5 cm³/mol. The van der Waals surface area contributed by atoms with Gasteiger partial charge >= 0.3 is 0 Å². The number of hydrogen-bond acceptors (Lipinski definition) is 0. The molecular formula is C10H12F2. The van der Waals surface area contributed by atoms with Gasteiger partial charge in [0.25, 0.3) is 0 Å². The summed E-state index contributed by atoms with van der Waals surface area (Å²) in [6.07, 6.45) is -1.54. The average molecular weight is 170 g/mol. The Morgan fingerprint density at radius 3 is 2.25 bits per heavy atom. The molecule has 0 fully saturated rings. The second-order valence-electron chi connectivity index (χ2n) is 2.72. The van der Waals surface area contributed by atoms with Gasteiger partial charge in [-0.1, -0.05) is 31.2 Å². The first-order chi connectivity index (χ1) is 5.74. The van der Waals surface area contributed by atoms with Gasteiger partial charge in [0.15, 0.2) is 0 Å². The van der Waals surface area contributed by atoms with Gasteiger partial charge in [0, 0.05) is 6.42 Å². The molecule has 0 aromatic heterocycles. The van der Waals surface area contributed by atoms with E-state index in [4.69, 9.17) is 0 Å². The number of rotatable bonds is 3. The van der Waals surface area contributed by atoms with E-state index >= 15 is 0 Å². The lowest BCUT2D eigenvalue weighted by Crippen LogP contribution is -2.00. The first-order valence-corrected chi connectivity index (χ1v) is 4.09. The van der Waals surface area contributed by atoms with Crippen LogP contribution >= 0.6 is 0 Å². The summed E-state index contributed by atoms with van der Waals surface area (Å²) in [7, 11) is 0. The largest absolute Gasteiger partial charge is 0.242 e. The Balaban J connectivity index is 2.82. The zero-order valence-corrected chi connectivity index (χ0v) is 7.06. The smallest absolute Gasteiger partial charge is 0.210 e. The summed E-state index contributed by atoms with van der Waals surface area (Å²) in [5, 5.41) is 0. The third kappa shape index (κ3) is 2.29. The van der Waals surface area contributed by atoms with Crippen molar-refractivity contribution in [2.24, 2.45) is 0 Å². The zero-order chi connectivity index (χ0) is 8.97. The third-order valence-corrected chi connectivity index (χ3v) is 1.87. The van der Waals surface area contributed by atoms with E-state index < -0.39 is 6.43 Å². The molecule has 0 aliphatic rings. The van der Waals surface area contributed by atoms with E-state index in [1.54, 1.807) is 12.1 Å². The minimum Gasteiger partial charge on any atom is -0.210 e. The highest BCUT2D eigenvalue weighted by atomic mass is 19.3. The van der Waals surface area contributed by atoms with E-state index in [1.165, 1.54) is 0 Å². The number of halogens is 2. The van der Waals surface area contributed by atoms with Crippen LogP contribution in [0.3, 0.4) is 0 Å². The SMILES string of the molecule is CCc1ccccc1CC(F)F. The lowest BCUT2D eigenvalue weighted by atomic mass is 10.0. The Labute approximate surface area is 71.2 Å². The summed E-state index contributed by atoms with van der Waals surface area (Å²) < 4.78 is 24.1. The highest BCUT2D eigenvalue weighted by Gasteiger charge is 2.06. The van der Waals surface area contributed by atoms with Gasteiger partial charge in [0.1, 0.15) is 0 Å². The fourth-order valence-electron chi connectivity index (χ4n) is 1.27. The van der Waals surface area contributed by atoms with E-state index in [9.17, 15) is 8.78 Å². The maximum absolute atomic E-state index is 12.0. The molecule has 0 unspecified atom stereocenters. The molecule has 1 aromatic rings. The summed E-state index contributed by atoms with van der Waals surface area (Å²) in [5.41, 5.74) is 1.80. The predicted octanol–water partition coefficient (Wildman–Crippen LogP) is 3.06. The third-order valence-electron chi connectivity index (χ3n) is 1.87. The molecular weight excluding hydrogens is 158 g/mol.